The zero-order chi connectivity index (χ0) is 14.8. The molecule has 4 heteroatoms. The third-order valence-corrected chi connectivity index (χ3v) is 4.07. The molecule has 1 amide bonds. The highest BCUT2D eigenvalue weighted by atomic mass is 16.2. The molecule has 0 aromatic heterocycles. The Kier molecular flexibility index (Phi) is 4.23. The first-order valence-corrected chi connectivity index (χ1v) is 7.02. The molecule has 1 saturated heterocycles. The Balaban J connectivity index is 1.97. The van der Waals surface area contributed by atoms with Crippen LogP contribution in [0.3, 0.4) is 0 Å². The number of amides is 1. The van der Waals surface area contributed by atoms with E-state index in [2.05, 4.69) is 4.90 Å². The Labute approximate surface area is 120 Å². The average Bonchev–Trinajstić information content (AvgIpc) is 2.45. The number of piperazine rings is 1. The number of carbonyl (C=O) groups excluding carboxylic acids is 2. The summed E-state index contributed by atoms with van der Waals surface area (Å²) in [4.78, 5) is 28.2. The Morgan fingerprint density at radius 1 is 1.20 bits per heavy atom. The molecular weight excluding hydrogens is 252 g/mol. The fourth-order valence-electron chi connectivity index (χ4n) is 2.65. The fourth-order valence-corrected chi connectivity index (χ4v) is 2.65. The Hall–Kier alpha value is -1.68. The molecule has 0 spiro atoms. The van der Waals surface area contributed by atoms with Crippen molar-refractivity contribution in [3.05, 3.63) is 35.9 Å². The first-order valence-electron chi connectivity index (χ1n) is 7.02. The lowest BCUT2D eigenvalue weighted by Crippen LogP contribution is -2.62. The van der Waals surface area contributed by atoms with Crippen molar-refractivity contribution in [2.24, 2.45) is 0 Å². The number of ketones is 1. The van der Waals surface area contributed by atoms with Gasteiger partial charge in [-0.05, 0) is 13.8 Å². The minimum absolute atomic E-state index is 0.121. The van der Waals surface area contributed by atoms with Gasteiger partial charge in [0.15, 0.2) is 5.78 Å². The number of benzene rings is 1. The predicted molar refractivity (Wildman–Crippen MR) is 78.7 cm³/mol. The first-order chi connectivity index (χ1) is 9.43. The maximum atomic E-state index is 12.2. The third-order valence-electron chi connectivity index (χ3n) is 4.07. The van der Waals surface area contributed by atoms with Crippen LogP contribution in [0.15, 0.2) is 30.3 Å². The molecule has 1 aromatic carbocycles. The minimum Gasteiger partial charge on any atom is -0.343 e. The number of Topliss-reactive ketones (excluding diaryl/α,β-unsaturated/α-hetero) is 1. The minimum atomic E-state index is -0.524. The van der Waals surface area contributed by atoms with E-state index in [-0.39, 0.29) is 11.7 Å². The molecule has 0 saturated carbocycles. The normalized spacial score (nSPS) is 19.1. The Morgan fingerprint density at radius 3 is 2.50 bits per heavy atom. The first kappa shape index (κ1) is 14.7. The van der Waals surface area contributed by atoms with E-state index in [9.17, 15) is 9.59 Å². The summed E-state index contributed by atoms with van der Waals surface area (Å²) in [5.74, 6) is 0.253. The molecule has 1 aliphatic heterocycles. The molecular formula is C16H22N2O2. The van der Waals surface area contributed by atoms with E-state index in [4.69, 9.17) is 0 Å². The van der Waals surface area contributed by atoms with Crippen LogP contribution in [-0.4, -0.2) is 53.7 Å². The number of carbonyl (C=O) groups is 2. The van der Waals surface area contributed by atoms with Crippen LogP contribution in [0, 0.1) is 0 Å². The second-order valence-corrected chi connectivity index (χ2v) is 5.81. The third kappa shape index (κ3) is 2.90. The lowest BCUT2D eigenvalue weighted by Gasteiger charge is -2.44. The molecule has 1 fully saturated rings. The van der Waals surface area contributed by atoms with E-state index >= 15 is 0 Å². The van der Waals surface area contributed by atoms with E-state index < -0.39 is 5.54 Å². The SMILES string of the molecule is CN1CCN(CCC(=O)c2ccccc2)C(C)(C)C1=O. The summed E-state index contributed by atoms with van der Waals surface area (Å²) in [6, 6.07) is 9.32. The van der Waals surface area contributed by atoms with Crippen molar-refractivity contribution >= 4 is 11.7 Å². The number of hydrogen-bond donors (Lipinski definition) is 0. The summed E-state index contributed by atoms with van der Waals surface area (Å²) in [6.07, 6.45) is 0.449. The lowest BCUT2D eigenvalue weighted by molar-refractivity contribution is -0.147. The van der Waals surface area contributed by atoms with Crippen LogP contribution in [0.1, 0.15) is 30.6 Å². The Morgan fingerprint density at radius 2 is 1.85 bits per heavy atom. The number of hydrogen-bond acceptors (Lipinski definition) is 3. The van der Waals surface area contributed by atoms with Crippen LogP contribution in [0.5, 0.6) is 0 Å². The number of nitrogens with zero attached hydrogens (tertiary/aromatic N) is 2. The second kappa shape index (κ2) is 5.75. The maximum Gasteiger partial charge on any atom is 0.242 e. The van der Waals surface area contributed by atoms with E-state index in [0.717, 1.165) is 18.7 Å². The largest absolute Gasteiger partial charge is 0.343 e. The second-order valence-electron chi connectivity index (χ2n) is 5.81. The van der Waals surface area contributed by atoms with Crippen molar-refractivity contribution in [2.45, 2.75) is 25.8 Å². The van der Waals surface area contributed by atoms with Gasteiger partial charge in [0, 0.05) is 38.7 Å². The highest BCUT2D eigenvalue weighted by molar-refractivity contribution is 5.96. The van der Waals surface area contributed by atoms with Crippen LogP contribution in [0.4, 0.5) is 0 Å². The summed E-state index contributed by atoms with van der Waals surface area (Å²) in [5.41, 5.74) is 0.218. The zero-order valence-electron chi connectivity index (χ0n) is 12.4. The van der Waals surface area contributed by atoms with Gasteiger partial charge in [-0.3, -0.25) is 14.5 Å². The van der Waals surface area contributed by atoms with Crippen LogP contribution < -0.4 is 0 Å². The molecule has 20 heavy (non-hydrogen) atoms. The van der Waals surface area contributed by atoms with Gasteiger partial charge in [0.05, 0.1) is 5.54 Å². The molecule has 0 atom stereocenters. The van der Waals surface area contributed by atoms with Gasteiger partial charge in [0.25, 0.3) is 0 Å². The van der Waals surface area contributed by atoms with Crippen molar-refractivity contribution in [2.75, 3.05) is 26.7 Å². The average molecular weight is 274 g/mol. The topological polar surface area (TPSA) is 40.6 Å². The molecule has 0 radical (unpaired) electrons. The summed E-state index contributed by atoms with van der Waals surface area (Å²) in [5, 5.41) is 0. The van der Waals surface area contributed by atoms with Gasteiger partial charge in [0.1, 0.15) is 0 Å². The van der Waals surface area contributed by atoms with Gasteiger partial charge in [-0.1, -0.05) is 30.3 Å². The summed E-state index contributed by atoms with van der Waals surface area (Å²) in [7, 11) is 1.83. The van der Waals surface area contributed by atoms with Crippen LogP contribution in [-0.2, 0) is 4.79 Å². The lowest BCUT2D eigenvalue weighted by atomic mass is 9.97. The molecule has 0 aliphatic carbocycles. The van der Waals surface area contributed by atoms with Gasteiger partial charge in [-0.15, -0.1) is 0 Å². The maximum absolute atomic E-state index is 12.2. The smallest absolute Gasteiger partial charge is 0.242 e. The Bertz CT molecular complexity index is 496. The summed E-state index contributed by atoms with van der Waals surface area (Å²) in [6.45, 7) is 6.02. The molecule has 0 N–H and O–H groups in total. The van der Waals surface area contributed by atoms with Gasteiger partial charge in [0.2, 0.25) is 5.91 Å². The quantitative estimate of drug-likeness (QED) is 0.786. The van der Waals surface area contributed by atoms with Crippen molar-refractivity contribution < 1.29 is 9.59 Å². The molecule has 108 valence electrons. The molecule has 0 bridgehead atoms. The van der Waals surface area contributed by atoms with Crippen molar-refractivity contribution in [1.82, 2.24) is 9.80 Å². The summed E-state index contributed by atoms with van der Waals surface area (Å²) >= 11 is 0. The number of likely N-dealkylation sites (N-methyl/N-ethyl adjacent to an activating group) is 1. The standard InChI is InChI=1S/C16H22N2O2/c1-16(2)15(20)17(3)11-12-18(16)10-9-14(19)13-7-5-4-6-8-13/h4-8H,9-12H2,1-3H3. The van der Waals surface area contributed by atoms with Crippen LogP contribution in [0.2, 0.25) is 0 Å². The van der Waals surface area contributed by atoms with Crippen molar-refractivity contribution in [1.29, 1.82) is 0 Å². The van der Waals surface area contributed by atoms with E-state index in [1.54, 1.807) is 4.90 Å². The highest BCUT2D eigenvalue weighted by Gasteiger charge is 2.40. The van der Waals surface area contributed by atoms with Gasteiger partial charge in [-0.25, -0.2) is 0 Å². The van der Waals surface area contributed by atoms with Gasteiger partial charge >= 0.3 is 0 Å². The fraction of sp³-hybridized carbons (Fsp3) is 0.500. The molecule has 1 aliphatic rings. The molecule has 2 rings (SSSR count). The van der Waals surface area contributed by atoms with Gasteiger partial charge in [-0.2, -0.15) is 0 Å². The molecule has 1 heterocycles. The van der Waals surface area contributed by atoms with E-state index in [0.29, 0.717) is 13.0 Å². The number of rotatable bonds is 4. The van der Waals surface area contributed by atoms with Crippen molar-refractivity contribution in [3.8, 4) is 0 Å². The van der Waals surface area contributed by atoms with Gasteiger partial charge < -0.3 is 4.90 Å². The van der Waals surface area contributed by atoms with E-state index in [1.807, 2.05) is 51.2 Å². The highest BCUT2D eigenvalue weighted by Crippen LogP contribution is 2.22. The molecule has 4 nitrogen and oxygen atoms in total. The molecule has 1 aromatic rings. The van der Waals surface area contributed by atoms with Crippen LogP contribution >= 0.6 is 0 Å². The van der Waals surface area contributed by atoms with Crippen molar-refractivity contribution in [3.63, 3.8) is 0 Å². The van der Waals surface area contributed by atoms with E-state index in [1.165, 1.54) is 0 Å². The van der Waals surface area contributed by atoms with Crippen LogP contribution in [0.25, 0.3) is 0 Å². The summed E-state index contributed by atoms with van der Waals surface area (Å²) < 4.78 is 0. The zero-order valence-corrected chi connectivity index (χ0v) is 12.4. The molecule has 0 unspecified atom stereocenters. The monoisotopic (exact) mass is 274 g/mol. The predicted octanol–water partition coefficient (Wildman–Crippen LogP) is 1.81.